The maximum Gasteiger partial charge on any atom is 0.346 e. The first-order valence-corrected chi connectivity index (χ1v) is 10.9. The summed E-state index contributed by atoms with van der Waals surface area (Å²) >= 11 is 1.47. The number of benzene rings is 3. The predicted molar refractivity (Wildman–Crippen MR) is 130 cm³/mol. The minimum absolute atomic E-state index is 0.268. The van der Waals surface area contributed by atoms with Gasteiger partial charge in [-0.15, -0.1) is 11.3 Å². The molecule has 0 aliphatic carbocycles. The van der Waals surface area contributed by atoms with E-state index in [0.29, 0.717) is 0 Å². The summed E-state index contributed by atoms with van der Waals surface area (Å²) < 4.78 is 2.28. The van der Waals surface area contributed by atoms with E-state index in [1.165, 1.54) is 28.4 Å². The van der Waals surface area contributed by atoms with Crippen LogP contribution in [0, 0.1) is 18.3 Å². The van der Waals surface area contributed by atoms with Gasteiger partial charge in [0.1, 0.15) is 11.6 Å². The number of nitriles is 1. The Bertz CT molecular complexity index is 1560. The molecule has 0 atom stereocenters. The minimum atomic E-state index is -1.22. The van der Waals surface area contributed by atoms with Gasteiger partial charge in [0.15, 0.2) is 0 Å². The van der Waals surface area contributed by atoms with Crippen molar-refractivity contribution < 1.29 is 9.90 Å². The van der Waals surface area contributed by atoms with Gasteiger partial charge in [0.2, 0.25) is 0 Å². The second-order valence-corrected chi connectivity index (χ2v) is 8.71. The lowest BCUT2D eigenvalue weighted by atomic mass is 10.1. The van der Waals surface area contributed by atoms with Crippen LogP contribution in [0.15, 0.2) is 84.4 Å². The van der Waals surface area contributed by atoms with Gasteiger partial charge in [-0.2, -0.15) is 5.26 Å². The molecule has 0 saturated heterocycles. The molecule has 2 heterocycles. The van der Waals surface area contributed by atoms with Crippen LogP contribution in [0.4, 0.5) is 0 Å². The fraction of sp³-hybridized carbons (Fsp3) is 0.0370. The molecule has 0 amide bonds. The van der Waals surface area contributed by atoms with E-state index in [0.717, 1.165) is 37.4 Å². The van der Waals surface area contributed by atoms with E-state index in [9.17, 15) is 4.79 Å². The molecule has 0 aliphatic rings. The van der Waals surface area contributed by atoms with Gasteiger partial charge in [0.05, 0.1) is 11.0 Å². The molecule has 0 spiro atoms. The lowest BCUT2D eigenvalue weighted by Crippen LogP contribution is -1.96. The van der Waals surface area contributed by atoms with Crippen LogP contribution in [-0.2, 0) is 4.79 Å². The number of aromatic nitrogens is 1. The number of aliphatic carboxylic acids is 1. The molecule has 32 heavy (non-hydrogen) atoms. The number of fused-ring (bicyclic) bond motifs is 3. The summed E-state index contributed by atoms with van der Waals surface area (Å²) in [6, 6.07) is 28.9. The fourth-order valence-electron chi connectivity index (χ4n) is 3.97. The number of carbonyl (C=O) groups is 1. The molecular weight excluding hydrogens is 416 g/mol. The van der Waals surface area contributed by atoms with Gasteiger partial charge >= 0.3 is 5.97 Å². The van der Waals surface area contributed by atoms with Crippen LogP contribution in [0.2, 0.25) is 0 Å². The minimum Gasteiger partial charge on any atom is -0.477 e. The topological polar surface area (TPSA) is 66.0 Å². The number of para-hydroxylation sites is 1. The summed E-state index contributed by atoms with van der Waals surface area (Å²) in [6.07, 6.45) is 1.41. The van der Waals surface area contributed by atoms with Gasteiger partial charge in [-0.1, -0.05) is 42.0 Å². The van der Waals surface area contributed by atoms with Crippen molar-refractivity contribution in [3.8, 4) is 22.2 Å². The highest BCUT2D eigenvalue weighted by molar-refractivity contribution is 7.16. The van der Waals surface area contributed by atoms with E-state index in [1.807, 2.05) is 12.1 Å². The maximum atomic E-state index is 11.1. The summed E-state index contributed by atoms with van der Waals surface area (Å²) in [7, 11) is 0. The predicted octanol–water partition coefficient (Wildman–Crippen LogP) is 6.81. The van der Waals surface area contributed by atoms with Gasteiger partial charge in [0, 0.05) is 26.2 Å². The third-order valence-corrected chi connectivity index (χ3v) is 6.59. The average Bonchev–Trinajstić information content (AvgIpc) is 3.40. The van der Waals surface area contributed by atoms with Gasteiger partial charge in [-0.3, -0.25) is 0 Å². The van der Waals surface area contributed by atoms with Crippen molar-refractivity contribution in [2.24, 2.45) is 0 Å². The zero-order chi connectivity index (χ0) is 22.2. The Balaban J connectivity index is 1.66. The van der Waals surface area contributed by atoms with E-state index in [-0.39, 0.29) is 5.57 Å². The number of nitrogens with zero attached hydrogens (tertiary/aromatic N) is 2. The van der Waals surface area contributed by atoms with Crippen molar-refractivity contribution >= 4 is 45.2 Å². The molecule has 0 aliphatic heterocycles. The van der Waals surface area contributed by atoms with E-state index in [1.54, 1.807) is 6.07 Å². The van der Waals surface area contributed by atoms with Gasteiger partial charge in [-0.25, -0.2) is 4.79 Å². The van der Waals surface area contributed by atoms with Gasteiger partial charge < -0.3 is 9.67 Å². The Morgan fingerprint density at radius 2 is 1.72 bits per heavy atom. The van der Waals surface area contributed by atoms with Crippen molar-refractivity contribution in [3.05, 3.63) is 94.9 Å². The lowest BCUT2D eigenvalue weighted by Gasteiger charge is -2.08. The lowest BCUT2D eigenvalue weighted by molar-refractivity contribution is -0.132. The third-order valence-electron chi connectivity index (χ3n) is 5.51. The smallest absolute Gasteiger partial charge is 0.346 e. The molecule has 0 bridgehead atoms. The molecule has 3 aromatic carbocycles. The van der Waals surface area contributed by atoms with Crippen molar-refractivity contribution in [1.82, 2.24) is 4.57 Å². The molecule has 0 fully saturated rings. The summed E-state index contributed by atoms with van der Waals surface area (Å²) in [5, 5.41) is 20.5. The fourth-order valence-corrected chi connectivity index (χ4v) is 4.92. The molecule has 0 radical (unpaired) electrons. The molecule has 1 N–H and O–H groups in total. The molecule has 5 rings (SSSR count). The van der Waals surface area contributed by atoms with Gasteiger partial charge in [-0.05, 0) is 61.0 Å². The van der Waals surface area contributed by atoms with Crippen molar-refractivity contribution in [1.29, 1.82) is 5.26 Å². The summed E-state index contributed by atoms with van der Waals surface area (Å²) in [5.41, 5.74) is 5.42. The number of rotatable bonds is 4. The van der Waals surface area contributed by atoms with Crippen LogP contribution < -0.4 is 0 Å². The standard InChI is InChI=1S/C27H18N2O2S/c1-17-6-9-20(10-7-17)29-24-5-3-2-4-22(24)23-15-18(8-12-25(23)29)26-13-11-21(32-26)14-19(16-28)27(30)31/h2-15H,1H3,(H,30,31). The first-order valence-electron chi connectivity index (χ1n) is 10.1. The second kappa shape index (κ2) is 7.84. The van der Waals surface area contributed by atoms with E-state index in [2.05, 4.69) is 78.2 Å². The molecule has 154 valence electrons. The number of hydrogen-bond donors (Lipinski definition) is 1. The Morgan fingerprint density at radius 1 is 0.969 bits per heavy atom. The maximum absolute atomic E-state index is 11.1. The number of thiophene rings is 1. The Hall–Kier alpha value is -4.14. The van der Waals surface area contributed by atoms with Crippen LogP contribution in [0.5, 0.6) is 0 Å². The molecule has 0 unspecified atom stereocenters. The summed E-state index contributed by atoms with van der Waals surface area (Å²) in [5.74, 6) is -1.22. The molecule has 0 saturated carbocycles. The van der Waals surface area contributed by atoms with Crippen LogP contribution in [-0.4, -0.2) is 15.6 Å². The first kappa shape index (κ1) is 19.8. The highest BCUT2D eigenvalue weighted by Gasteiger charge is 2.14. The zero-order valence-electron chi connectivity index (χ0n) is 17.2. The molecule has 4 nitrogen and oxygen atoms in total. The number of hydrogen-bond acceptors (Lipinski definition) is 3. The van der Waals surface area contributed by atoms with Crippen molar-refractivity contribution in [2.75, 3.05) is 0 Å². The molecule has 2 aromatic heterocycles. The monoisotopic (exact) mass is 434 g/mol. The Kier molecular flexibility index (Phi) is 4.85. The van der Waals surface area contributed by atoms with Crippen LogP contribution in [0.25, 0.3) is 44.0 Å². The van der Waals surface area contributed by atoms with Gasteiger partial charge in [0.25, 0.3) is 0 Å². The molecule has 5 aromatic rings. The first-order chi connectivity index (χ1) is 15.5. The highest BCUT2D eigenvalue weighted by Crippen LogP contribution is 2.37. The molecule has 5 heteroatoms. The number of aryl methyl sites for hydroxylation is 1. The summed E-state index contributed by atoms with van der Waals surface area (Å²) in [4.78, 5) is 12.9. The SMILES string of the molecule is Cc1ccc(-n2c3ccccc3c3cc(-c4ccc(C=C(C#N)C(=O)O)s4)ccc32)cc1. The second-order valence-electron chi connectivity index (χ2n) is 7.60. The Morgan fingerprint density at radius 3 is 2.47 bits per heavy atom. The Labute approximate surface area is 188 Å². The largest absolute Gasteiger partial charge is 0.477 e. The van der Waals surface area contributed by atoms with Crippen LogP contribution >= 0.6 is 11.3 Å². The number of carboxylic acids is 1. The van der Waals surface area contributed by atoms with Crippen molar-refractivity contribution in [3.63, 3.8) is 0 Å². The molecular formula is C27H18N2O2S. The zero-order valence-corrected chi connectivity index (χ0v) is 18.1. The quantitative estimate of drug-likeness (QED) is 0.249. The van der Waals surface area contributed by atoms with E-state index >= 15 is 0 Å². The summed E-state index contributed by atoms with van der Waals surface area (Å²) in [6.45, 7) is 2.09. The highest BCUT2D eigenvalue weighted by atomic mass is 32.1. The van der Waals surface area contributed by atoms with Crippen molar-refractivity contribution in [2.45, 2.75) is 6.92 Å². The van der Waals surface area contributed by atoms with E-state index < -0.39 is 5.97 Å². The number of carboxylic acid groups (broad SMARTS) is 1. The normalized spacial score (nSPS) is 11.7. The average molecular weight is 435 g/mol. The van der Waals surface area contributed by atoms with E-state index in [4.69, 9.17) is 10.4 Å². The van der Waals surface area contributed by atoms with Crippen LogP contribution in [0.3, 0.4) is 0 Å². The van der Waals surface area contributed by atoms with Crippen LogP contribution in [0.1, 0.15) is 10.4 Å². The third kappa shape index (κ3) is 3.37.